The first-order valence-electron chi connectivity index (χ1n) is 22.4. The Balaban J connectivity index is 0.869. The molecule has 2 saturated carbocycles. The average Bonchev–Trinajstić information content (AvgIpc) is 4.10. The van der Waals surface area contributed by atoms with Crippen LogP contribution in [-0.4, -0.2) is 151 Å². The van der Waals surface area contributed by atoms with Crippen LogP contribution in [0.4, 0.5) is 0 Å². The van der Waals surface area contributed by atoms with E-state index in [1.165, 1.54) is 23.5 Å². The van der Waals surface area contributed by atoms with E-state index < -0.39 is 0 Å². The highest BCUT2D eigenvalue weighted by Crippen LogP contribution is 2.28. The van der Waals surface area contributed by atoms with E-state index in [9.17, 15) is 14.4 Å². The van der Waals surface area contributed by atoms with Crippen molar-refractivity contribution in [2.45, 2.75) is 64.5 Å². The number of fused-ring (bicyclic) bond motifs is 1. The Morgan fingerprint density at radius 2 is 1.08 bits per heavy atom. The maximum atomic E-state index is 13.8. The maximum Gasteiger partial charge on any atom is 0.332 e. The van der Waals surface area contributed by atoms with Gasteiger partial charge in [0.25, 0.3) is 5.56 Å². The predicted molar refractivity (Wildman–Crippen MR) is 234 cm³/mol. The summed E-state index contributed by atoms with van der Waals surface area (Å²) in [4.78, 5) is 47.9. The van der Waals surface area contributed by atoms with Crippen molar-refractivity contribution in [2.24, 2.45) is 11.8 Å². The number of nitrogens with one attached hydrogen (secondary N) is 2. The summed E-state index contributed by atoms with van der Waals surface area (Å²) in [5.41, 5.74) is 1.88. The second kappa shape index (κ2) is 29.6. The molecule has 346 valence electrons. The van der Waals surface area contributed by atoms with Gasteiger partial charge >= 0.3 is 5.69 Å². The summed E-state index contributed by atoms with van der Waals surface area (Å²) >= 11 is 0. The molecule has 2 heterocycles. The van der Waals surface area contributed by atoms with Gasteiger partial charge in [-0.1, -0.05) is 49.9 Å². The van der Waals surface area contributed by atoms with E-state index in [0.717, 1.165) is 49.7 Å². The van der Waals surface area contributed by atoms with Crippen molar-refractivity contribution in [1.82, 2.24) is 24.4 Å². The first-order valence-corrected chi connectivity index (χ1v) is 22.4. The van der Waals surface area contributed by atoms with Gasteiger partial charge in [0.05, 0.1) is 112 Å². The Bertz CT molecular complexity index is 1830. The molecule has 17 nitrogen and oxygen atoms in total. The van der Waals surface area contributed by atoms with Crippen molar-refractivity contribution >= 4 is 23.1 Å². The van der Waals surface area contributed by atoms with Gasteiger partial charge in [-0.3, -0.25) is 18.7 Å². The zero-order valence-corrected chi connectivity index (χ0v) is 36.7. The lowest BCUT2D eigenvalue weighted by atomic mass is 10.1. The van der Waals surface area contributed by atoms with Gasteiger partial charge in [0.15, 0.2) is 5.65 Å². The number of imidazole rings is 1. The lowest BCUT2D eigenvalue weighted by Gasteiger charge is -2.16. The maximum absolute atomic E-state index is 13.8. The van der Waals surface area contributed by atoms with Crippen molar-refractivity contribution in [2.75, 3.05) is 126 Å². The third-order valence-corrected chi connectivity index (χ3v) is 10.9. The SMILES string of the molecule is COCCOCCOCCOCCOCCOCCOCCOCCOCCNC(=O)/C=C/c1ccc(-c2nc3c([nH]2)c(=O)n(CC2CCCC2)c(=O)n3CC2CCCC2)cc1. The second-order valence-corrected chi connectivity index (χ2v) is 15.5. The molecule has 2 aliphatic rings. The van der Waals surface area contributed by atoms with Crippen LogP contribution in [0.25, 0.3) is 28.6 Å². The number of hydrogen-bond acceptors (Lipinski definition) is 13. The highest BCUT2D eigenvalue weighted by atomic mass is 16.6. The fourth-order valence-corrected chi connectivity index (χ4v) is 7.54. The minimum Gasteiger partial charge on any atom is -0.382 e. The zero-order chi connectivity index (χ0) is 43.5. The fraction of sp³-hybridized carbons (Fsp3) is 0.689. The number of aromatic nitrogens is 4. The molecule has 0 radical (unpaired) electrons. The molecule has 17 heteroatoms. The van der Waals surface area contributed by atoms with Crippen LogP contribution < -0.4 is 16.6 Å². The molecule has 0 spiro atoms. The third-order valence-electron chi connectivity index (χ3n) is 10.9. The number of rotatable bonds is 34. The van der Waals surface area contributed by atoms with Gasteiger partial charge in [0, 0.05) is 38.4 Å². The molecular formula is C45H69N5O12. The molecule has 0 saturated heterocycles. The molecule has 0 bridgehead atoms. The molecular weight excluding hydrogens is 803 g/mol. The Hall–Kier alpha value is -3.78. The molecule has 3 aromatic rings. The molecule has 1 amide bonds. The van der Waals surface area contributed by atoms with Crippen molar-refractivity contribution < 1.29 is 47.4 Å². The molecule has 2 aromatic heterocycles. The molecule has 2 N–H and O–H groups in total. The summed E-state index contributed by atoms with van der Waals surface area (Å²) in [7, 11) is 1.64. The van der Waals surface area contributed by atoms with Crippen molar-refractivity contribution in [3.05, 3.63) is 56.7 Å². The summed E-state index contributed by atoms with van der Waals surface area (Å²) in [6.45, 7) is 9.69. The Labute approximate surface area is 364 Å². The number of benzene rings is 1. The molecule has 0 aliphatic heterocycles. The largest absolute Gasteiger partial charge is 0.382 e. The van der Waals surface area contributed by atoms with Crippen LogP contribution in [0.1, 0.15) is 56.9 Å². The van der Waals surface area contributed by atoms with Gasteiger partial charge in [-0.05, 0) is 49.2 Å². The number of carbonyl (C=O) groups excluding carboxylic acids is 1. The molecule has 2 aliphatic carbocycles. The van der Waals surface area contributed by atoms with Gasteiger partial charge < -0.3 is 52.9 Å². The first kappa shape index (κ1) is 49.2. The standard InChI is InChI=1S/C45H69N5O12/c1-54-18-19-56-22-23-58-26-27-60-30-31-62-33-32-61-29-28-59-25-24-57-21-20-55-17-16-46-40(51)15-12-36-10-13-39(14-11-36)42-47-41-43(48-42)49(34-37-6-2-3-7-37)45(53)50(44(41)52)35-38-8-4-5-9-38/h10-15,37-38H,2-9,16-35H2,1H3,(H,46,51)(H,47,48)/b15-12+. The van der Waals surface area contributed by atoms with E-state index in [-0.39, 0.29) is 17.2 Å². The Kier molecular flexibility index (Phi) is 23.5. The Morgan fingerprint density at radius 1 is 0.645 bits per heavy atom. The summed E-state index contributed by atoms with van der Waals surface area (Å²) in [6, 6.07) is 7.56. The van der Waals surface area contributed by atoms with Crippen LogP contribution in [0, 0.1) is 11.8 Å². The van der Waals surface area contributed by atoms with Crippen molar-refractivity contribution in [1.29, 1.82) is 0 Å². The van der Waals surface area contributed by atoms with E-state index in [1.807, 2.05) is 24.3 Å². The molecule has 2 fully saturated rings. The van der Waals surface area contributed by atoms with Crippen LogP contribution >= 0.6 is 0 Å². The molecule has 0 unspecified atom stereocenters. The summed E-state index contributed by atoms with van der Waals surface area (Å²) < 4.78 is 51.8. The van der Waals surface area contributed by atoms with Crippen molar-refractivity contribution in [3.63, 3.8) is 0 Å². The van der Waals surface area contributed by atoms with E-state index >= 15 is 0 Å². The third kappa shape index (κ3) is 17.8. The number of methoxy groups -OCH3 is 1. The second-order valence-electron chi connectivity index (χ2n) is 15.5. The van der Waals surface area contributed by atoms with Gasteiger partial charge in [-0.2, -0.15) is 0 Å². The minimum atomic E-state index is -0.296. The topological polar surface area (TPSA) is 185 Å². The van der Waals surface area contributed by atoms with E-state index in [0.29, 0.717) is 161 Å². The van der Waals surface area contributed by atoms with E-state index in [1.54, 1.807) is 17.8 Å². The van der Waals surface area contributed by atoms with Crippen LogP contribution in [-0.2, 0) is 60.5 Å². The minimum absolute atomic E-state index is 0.228. The van der Waals surface area contributed by atoms with Gasteiger partial charge in [-0.25, -0.2) is 9.78 Å². The van der Waals surface area contributed by atoms with Gasteiger partial charge in [0.1, 0.15) is 11.3 Å². The van der Waals surface area contributed by atoms with Crippen LogP contribution in [0.5, 0.6) is 0 Å². The van der Waals surface area contributed by atoms with Crippen molar-refractivity contribution in [3.8, 4) is 11.4 Å². The molecule has 1 aromatic carbocycles. The number of hydrogen-bond donors (Lipinski definition) is 2. The molecule has 0 atom stereocenters. The number of carbonyl (C=O) groups is 1. The zero-order valence-electron chi connectivity index (χ0n) is 36.7. The van der Waals surface area contributed by atoms with Gasteiger partial charge in [-0.15, -0.1) is 0 Å². The number of amides is 1. The number of nitrogens with zero attached hydrogens (tertiary/aromatic N) is 3. The van der Waals surface area contributed by atoms with Crippen LogP contribution in [0.15, 0.2) is 39.9 Å². The van der Waals surface area contributed by atoms with E-state index in [4.69, 9.17) is 47.6 Å². The van der Waals surface area contributed by atoms with Crippen LogP contribution in [0.3, 0.4) is 0 Å². The monoisotopic (exact) mass is 871 g/mol. The lowest BCUT2D eigenvalue weighted by molar-refractivity contribution is -0.116. The van der Waals surface area contributed by atoms with Gasteiger partial charge in [0.2, 0.25) is 5.91 Å². The highest BCUT2D eigenvalue weighted by Gasteiger charge is 2.25. The predicted octanol–water partition coefficient (Wildman–Crippen LogP) is 3.84. The lowest BCUT2D eigenvalue weighted by Crippen LogP contribution is -2.42. The number of aromatic amines is 1. The first-order chi connectivity index (χ1) is 30.5. The summed E-state index contributed by atoms with van der Waals surface area (Å²) in [5, 5.41) is 2.82. The summed E-state index contributed by atoms with van der Waals surface area (Å²) in [6.07, 6.45) is 12.1. The van der Waals surface area contributed by atoms with Crippen LogP contribution in [0.2, 0.25) is 0 Å². The average molecular weight is 872 g/mol. The fourth-order valence-electron chi connectivity index (χ4n) is 7.54. The number of H-pyrrole nitrogens is 1. The summed E-state index contributed by atoms with van der Waals surface area (Å²) in [5.74, 6) is 1.08. The Morgan fingerprint density at radius 3 is 1.55 bits per heavy atom. The quantitative estimate of drug-likeness (QED) is 0.0653. The highest BCUT2D eigenvalue weighted by molar-refractivity contribution is 5.91. The molecule has 5 rings (SSSR count). The molecule has 62 heavy (non-hydrogen) atoms. The van der Waals surface area contributed by atoms with E-state index in [2.05, 4.69) is 10.3 Å². The number of ether oxygens (including phenoxy) is 9. The smallest absolute Gasteiger partial charge is 0.332 e. The normalized spacial score (nSPS) is 14.9.